The number of aliphatic hydroxyl groups is 1. The Morgan fingerprint density at radius 2 is 1.72 bits per heavy atom. The predicted octanol–water partition coefficient (Wildman–Crippen LogP) is 4.74. The first-order valence-corrected chi connectivity index (χ1v) is 13.3. The van der Waals surface area contributed by atoms with Crippen LogP contribution in [0.5, 0.6) is 0 Å². The monoisotopic (exact) mass is 575 g/mol. The largest absolute Gasteiger partial charge is 0.453 e. The Balaban J connectivity index is 1.51. The van der Waals surface area contributed by atoms with Crippen LogP contribution in [-0.4, -0.2) is 38.7 Å². The fourth-order valence-electron chi connectivity index (χ4n) is 4.42. The Bertz CT molecular complexity index is 1280. The quantitative estimate of drug-likeness (QED) is 0.354. The Morgan fingerprint density at radius 3 is 2.31 bits per heavy atom. The van der Waals surface area contributed by atoms with Crippen LogP contribution < -0.4 is 5.32 Å². The zero-order valence-corrected chi connectivity index (χ0v) is 23.4. The summed E-state index contributed by atoms with van der Waals surface area (Å²) in [5.41, 5.74) is 3.45. The number of nitrogens with one attached hydrogen (secondary N) is 1. The number of carbonyl (C=O) groups excluding carboxylic acids is 2. The molecule has 1 saturated heterocycles. The van der Waals surface area contributed by atoms with E-state index in [0.29, 0.717) is 11.7 Å². The highest BCUT2D eigenvalue weighted by Crippen LogP contribution is 2.42. The van der Waals surface area contributed by atoms with E-state index in [4.69, 9.17) is 37.4 Å². The van der Waals surface area contributed by atoms with E-state index in [1.807, 2.05) is 48.5 Å². The minimum absolute atomic E-state index is 0.0366. The molecule has 0 bridgehead atoms. The summed E-state index contributed by atoms with van der Waals surface area (Å²) in [7, 11) is 0. The summed E-state index contributed by atoms with van der Waals surface area (Å²) in [6.07, 6.45) is -0.523. The van der Waals surface area contributed by atoms with Crippen LogP contribution in [0.1, 0.15) is 55.4 Å². The molecule has 2 aromatic carbocycles. The normalized spacial score (nSPS) is 21.8. The lowest BCUT2D eigenvalue weighted by atomic mass is 9.90. The summed E-state index contributed by atoms with van der Waals surface area (Å²) in [4.78, 5) is 27.3. The van der Waals surface area contributed by atoms with E-state index in [0.717, 1.165) is 22.3 Å². The van der Waals surface area contributed by atoms with E-state index < -0.39 is 18.4 Å². The van der Waals surface area contributed by atoms with Crippen LogP contribution >= 0.6 is 23.2 Å². The summed E-state index contributed by atoms with van der Waals surface area (Å²) >= 11 is 12.4. The van der Waals surface area contributed by atoms with Crippen LogP contribution in [-0.2, 0) is 43.5 Å². The molecule has 208 valence electrons. The van der Waals surface area contributed by atoms with Crippen LogP contribution in [0.25, 0.3) is 0 Å². The van der Waals surface area contributed by atoms with Gasteiger partial charge in [-0.15, -0.1) is 0 Å². The molecule has 0 spiro atoms. The molecule has 1 aliphatic rings. The van der Waals surface area contributed by atoms with E-state index in [1.165, 1.54) is 13.8 Å². The molecule has 3 aromatic rings. The van der Waals surface area contributed by atoms with E-state index in [2.05, 4.69) is 17.2 Å². The van der Waals surface area contributed by atoms with Crippen LogP contribution in [0, 0.1) is 5.92 Å². The highest BCUT2D eigenvalue weighted by molar-refractivity contribution is 6.40. The molecule has 1 amide bonds. The SMILES string of the molecule is CC(=O)OC(C)C(=O)NCc1ccc(C2OC(Cn3cnc(Cl)c3Cl)C(C)C(c3ccc(CO)cc3)O2)cc1. The second kappa shape index (κ2) is 12.9. The first-order chi connectivity index (χ1) is 18.7. The molecule has 1 fully saturated rings. The van der Waals surface area contributed by atoms with Crippen molar-refractivity contribution in [1.82, 2.24) is 14.9 Å². The van der Waals surface area contributed by atoms with Crippen molar-refractivity contribution in [2.45, 2.75) is 65.1 Å². The first-order valence-electron chi connectivity index (χ1n) is 12.6. The molecule has 39 heavy (non-hydrogen) atoms. The molecule has 0 aliphatic carbocycles. The number of rotatable bonds is 9. The highest BCUT2D eigenvalue weighted by atomic mass is 35.5. The zero-order chi connectivity index (χ0) is 28.1. The molecule has 11 heteroatoms. The highest BCUT2D eigenvalue weighted by Gasteiger charge is 2.38. The lowest BCUT2D eigenvalue weighted by molar-refractivity contribution is -0.276. The summed E-state index contributed by atoms with van der Waals surface area (Å²) in [6.45, 7) is 5.50. The fraction of sp³-hybridized carbons (Fsp3) is 0.393. The van der Waals surface area contributed by atoms with Gasteiger partial charge in [0.2, 0.25) is 0 Å². The molecule has 4 rings (SSSR count). The van der Waals surface area contributed by atoms with Gasteiger partial charge < -0.3 is 29.2 Å². The molecular formula is C28H31Cl2N3O6. The third-order valence-corrected chi connectivity index (χ3v) is 7.43. The molecular weight excluding hydrogens is 545 g/mol. The van der Waals surface area contributed by atoms with Crippen LogP contribution in [0.2, 0.25) is 10.3 Å². The van der Waals surface area contributed by atoms with Gasteiger partial charge in [0, 0.05) is 24.9 Å². The lowest BCUT2D eigenvalue weighted by Gasteiger charge is -2.41. The van der Waals surface area contributed by atoms with Crippen molar-refractivity contribution in [2.75, 3.05) is 0 Å². The van der Waals surface area contributed by atoms with Gasteiger partial charge in [-0.05, 0) is 23.6 Å². The third kappa shape index (κ3) is 7.17. The topological polar surface area (TPSA) is 112 Å². The Hall–Kier alpha value is -2.95. The van der Waals surface area contributed by atoms with Crippen molar-refractivity contribution < 1.29 is 28.9 Å². The number of esters is 1. The van der Waals surface area contributed by atoms with E-state index in [1.54, 1.807) is 10.9 Å². The Morgan fingerprint density at radius 1 is 1.08 bits per heavy atom. The number of amides is 1. The van der Waals surface area contributed by atoms with Crippen molar-refractivity contribution in [3.63, 3.8) is 0 Å². The smallest absolute Gasteiger partial charge is 0.303 e. The predicted molar refractivity (Wildman–Crippen MR) is 145 cm³/mol. The molecule has 0 radical (unpaired) electrons. The Labute approximate surface area is 237 Å². The minimum atomic E-state index is -0.869. The van der Waals surface area contributed by atoms with Gasteiger partial charge in [-0.25, -0.2) is 4.98 Å². The number of hydrogen-bond donors (Lipinski definition) is 2. The summed E-state index contributed by atoms with van der Waals surface area (Å²) in [5.74, 6) is -0.936. The summed E-state index contributed by atoms with van der Waals surface area (Å²) in [6, 6.07) is 15.2. The first kappa shape index (κ1) is 29.0. The standard InChI is InChI=1S/C28H31Cl2N3O6/c1-16-23(13-33-15-32-25(29)26(33)30)38-28(39-24(16)21-8-6-20(14-34)7-9-21)22-10-4-19(5-11-22)12-31-27(36)17(2)37-18(3)35/h4-11,15-17,23-24,28,34H,12-14H2,1-3H3,(H,31,36). The number of nitrogens with zero attached hydrogens (tertiary/aromatic N) is 2. The van der Waals surface area contributed by atoms with Gasteiger partial charge in [0.25, 0.3) is 5.91 Å². The molecule has 5 atom stereocenters. The number of ether oxygens (including phenoxy) is 3. The second-order valence-corrected chi connectivity index (χ2v) is 10.2. The number of carbonyl (C=O) groups is 2. The number of aromatic nitrogens is 2. The molecule has 1 aliphatic heterocycles. The maximum Gasteiger partial charge on any atom is 0.303 e. The number of benzene rings is 2. The van der Waals surface area contributed by atoms with Gasteiger partial charge in [-0.2, -0.15) is 0 Å². The minimum Gasteiger partial charge on any atom is -0.453 e. The molecule has 2 N–H and O–H groups in total. The fourth-order valence-corrected chi connectivity index (χ4v) is 4.73. The van der Waals surface area contributed by atoms with Crippen molar-refractivity contribution in [3.8, 4) is 0 Å². The van der Waals surface area contributed by atoms with Gasteiger partial charge >= 0.3 is 5.97 Å². The van der Waals surface area contributed by atoms with E-state index in [-0.39, 0.29) is 42.3 Å². The molecule has 0 saturated carbocycles. The molecule has 1 aromatic heterocycles. The summed E-state index contributed by atoms with van der Waals surface area (Å²) in [5, 5.41) is 12.8. The maximum absolute atomic E-state index is 12.2. The van der Waals surface area contributed by atoms with E-state index in [9.17, 15) is 14.7 Å². The van der Waals surface area contributed by atoms with Crippen molar-refractivity contribution in [1.29, 1.82) is 0 Å². The van der Waals surface area contributed by atoms with Gasteiger partial charge in [0.1, 0.15) is 5.15 Å². The van der Waals surface area contributed by atoms with Crippen molar-refractivity contribution >= 4 is 35.1 Å². The number of hydrogen-bond acceptors (Lipinski definition) is 7. The summed E-state index contributed by atoms with van der Waals surface area (Å²) < 4.78 is 19.6. The molecule has 5 unspecified atom stereocenters. The molecule has 2 heterocycles. The van der Waals surface area contributed by atoms with Crippen LogP contribution in [0.15, 0.2) is 54.9 Å². The lowest BCUT2D eigenvalue weighted by Crippen LogP contribution is -2.39. The maximum atomic E-state index is 12.2. The van der Waals surface area contributed by atoms with Gasteiger partial charge in [0.05, 0.1) is 31.7 Å². The zero-order valence-electron chi connectivity index (χ0n) is 21.8. The molecule has 9 nitrogen and oxygen atoms in total. The van der Waals surface area contributed by atoms with Gasteiger partial charge in [-0.3, -0.25) is 9.59 Å². The van der Waals surface area contributed by atoms with Crippen LogP contribution in [0.4, 0.5) is 0 Å². The number of halogens is 2. The van der Waals surface area contributed by atoms with Crippen molar-refractivity contribution in [2.24, 2.45) is 5.92 Å². The number of imidazole rings is 1. The van der Waals surface area contributed by atoms with E-state index >= 15 is 0 Å². The third-order valence-electron chi connectivity index (χ3n) is 6.66. The average molecular weight is 576 g/mol. The van der Waals surface area contributed by atoms with Crippen LogP contribution in [0.3, 0.4) is 0 Å². The second-order valence-electron chi connectivity index (χ2n) is 9.51. The van der Waals surface area contributed by atoms with Gasteiger partial charge in [0.15, 0.2) is 17.5 Å². The van der Waals surface area contributed by atoms with Gasteiger partial charge in [-0.1, -0.05) is 78.7 Å². The average Bonchev–Trinajstić information content (AvgIpc) is 3.25. The van der Waals surface area contributed by atoms with Crippen molar-refractivity contribution in [3.05, 3.63) is 87.4 Å². The Kier molecular flexibility index (Phi) is 9.63. The number of aliphatic hydroxyl groups excluding tert-OH is 1.